The van der Waals surface area contributed by atoms with E-state index in [0.29, 0.717) is 23.6 Å². The molecule has 1 amide bonds. The van der Waals surface area contributed by atoms with Crippen molar-refractivity contribution >= 4 is 5.91 Å². The number of hydrogen-bond donors (Lipinski definition) is 1. The molecule has 2 aliphatic heterocycles. The smallest absolute Gasteiger partial charge is 0.257 e. The van der Waals surface area contributed by atoms with Crippen LogP contribution in [0.25, 0.3) is 0 Å². The molecule has 1 saturated heterocycles. The number of amides is 1. The van der Waals surface area contributed by atoms with Crippen LogP contribution in [-0.4, -0.2) is 54.6 Å². The van der Waals surface area contributed by atoms with Gasteiger partial charge in [0.2, 0.25) is 0 Å². The number of aromatic nitrogens is 2. The number of methoxy groups -OCH3 is 2. The Bertz CT molecular complexity index is 871. The lowest BCUT2D eigenvalue weighted by Crippen LogP contribution is -2.40. The molecule has 2 aromatic rings. The van der Waals surface area contributed by atoms with E-state index in [9.17, 15) is 4.79 Å². The van der Waals surface area contributed by atoms with Gasteiger partial charge in [0.15, 0.2) is 0 Å². The van der Waals surface area contributed by atoms with E-state index in [2.05, 4.69) is 10.3 Å². The number of nitrogens with zero attached hydrogens (tertiary/aromatic N) is 3. The van der Waals surface area contributed by atoms with Crippen LogP contribution in [0.2, 0.25) is 0 Å². The third kappa shape index (κ3) is 3.67. The summed E-state index contributed by atoms with van der Waals surface area (Å²) in [6, 6.07) is 5.30. The Balaban J connectivity index is 1.53. The van der Waals surface area contributed by atoms with Gasteiger partial charge in [-0.2, -0.15) is 0 Å². The Kier molecular flexibility index (Phi) is 5.43. The zero-order chi connectivity index (χ0) is 19.5. The Morgan fingerprint density at radius 1 is 1.29 bits per heavy atom. The zero-order valence-electron chi connectivity index (χ0n) is 16.4. The van der Waals surface area contributed by atoms with E-state index in [0.717, 1.165) is 50.4 Å². The fraction of sp³-hybridized carbons (Fsp3) is 0.476. The molecule has 28 heavy (non-hydrogen) atoms. The summed E-state index contributed by atoms with van der Waals surface area (Å²) in [5.41, 5.74) is 2.88. The second-order valence-corrected chi connectivity index (χ2v) is 7.28. The molecule has 4 rings (SSSR count). The summed E-state index contributed by atoms with van der Waals surface area (Å²) in [6.45, 7) is 3.16. The molecule has 0 aliphatic carbocycles. The lowest BCUT2D eigenvalue weighted by molar-refractivity contribution is 0.0701. The molecule has 0 bridgehead atoms. The molecule has 3 heterocycles. The van der Waals surface area contributed by atoms with Crippen molar-refractivity contribution in [3.8, 4) is 11.5 Å². The molecule has 0 saturated carbocycles. The third-order valence-corrected chi connectivity index (χ3v) is 5.54. The van der Waals surface area contributed by atoms with Gasteiger partial charge in [-0.3, -0.25) is 4.79 Å². The predicted molar refractivity (Wildman–Crippen MR) is 105 cm³/mol. The average Bonchev–Trinajstić information content (AvgIpc) is 2.77. The Morgan fingerprint density at radius 2 is 2.18 bits per heavy atom. The lowest BCUT2D eigenvalue weighted by atomic mass is 9.95. The highest BCUT2D eigenvalue weighted by Crippen LogP contribution is 2.30. The quantitative estimate of drug-likeness (QED) is 0.873. The van der Waals surface area contributed by atoms with Crippen LogP contribution < -0.4 is 14.8 Å². The van der Waals surface area contributed by atoms with Crippen LogP contribution >= 0.6 is 0 Å². The van der Waals surface area contributed by atoms with E-state index in [4.69, 9.17) is 14.5 Å². The van der Waals surface area contributed by atoms with Gasteiger partial charge in [0.05, 0.1) is 19.8 Å². The Hall–Kier alpha value is -2.67. The number of likely N-dealkylation sites (tertiary alicyclic amines) is 1. The first-order chi connectivity index (χ1) is 13.7. The second kappa shape index (κ2) is 8.14. The number of carbonyl (C=O) groups is 1. The second-order valence-electron chi connectivity index (χ2n) is 7.28. The Morgan fingerprint density at radius 3 is 3.00 bits per heavy atom. The number of nitrogens with one attached hydrogen (secondary N) is 1. The first kappa shape index (κ1) is 18.7. The lowest BCUT2D eigenvalue weighted by Gasteiger charge is -2.32. The van der Waals surface area contributed by atoms with Gasteiger partial charge < -0.3 is 19.7 Å². The maximum Gasteiger partial charge on any atom is 0.257 e. The minimum Gasteiger partial charge on any atom is -0.497 e. The largest absolute Gasteiger partial charge is 0.497 e. The molecule has 1 N–H and O–H groups in total. The maximum absolute atomic E-state index is 13.1. The highest BCUT2D eigenvalue weighted by Gasteiger charge is 2.29. The number of benzene rings is 1. The van der Waals surface area contributed by atoms with Crippen molar-refractivity contribution in [3.63, 3.8) is 0 Å². The Labute approximate surface area is 165 Å². The predicted octanol–water partition coefficient (Wildman–Crippen LogP) is 2.16. The summed E-state index contributed by atoms with van der Waals surface area (Å²) in [5.74, 6) is 2.21. The summed E-state index contributed by atoms with van der Waals surface area (Å²) in [7, 11) is 3.17. The standard InChI is InChI=1S/C21H26N4O3/c1-27-16-5-6-17(19(10-16)28-2)21(26)25-9-3-4-14(13-25)20-23-12-15-11-22-8-7-18(15)24-20/h5-6,10,12,14,22H,3-4,7-9,11,13H2,1-2H3/t14-/m1/s1. The molecular weight excluding hydrogens is 356 g/mol. The molecule has 148 valence electrons. The maximum atomic E-state index is 13.1. The summed E-state index contributed by atoms with van der Waals surface area (Å²) >= 11 is 0. The highest BCUT2D eigenvalue weighted by molar-refractivity contribution is 5.97. The summed E-state index contributed by atoms with van der Waals surface area (Å²) in [4.78, 5) is 24.5. The van der Waals surface area contributed by atoms with Crippen LogP contribution in [-0.2, 0) is 13.0 Å². The minimum atomic E-state index is -0.0219. The number of carbonyl (C=O) groups excluding carboxylic acids is 1. The molecule has 0 spiro atoms. The van der Waals surface area contributed by atoms with Gasteiger partial charge in [-0.15, -0.1) is 0 Å². The van der Waals surface area contributed by atoms with Crippen molar-refractivity contribution in [3.05, 3.63) is 47.0 Å². The first-order valence-corrected chi connectivity index (χ1v) is 9.76. The van der Waals surface area contributed by atoms with Gasteiger partial charge >= 0.3 is 0 Å². The molecule has 7 heteroatoms. The van der Waals surface area contributed by atoms with Crippen LogP contribution in [0, 0.1) is 0 Å². The molecule has 0 unspecified atom stereocenters. The van der Waals surface area contributed by atoms with Crippen LogP contribution in [0.4, 0.5) is 0 Å². The molecular formula is C21H26N4O3. The summed E-state index contributed by atoms with van der Waals surface area (Å²) in [6.07, 6.45) is 4.82. The molecule has 0 radical (unpaired) electrons. The van der Waals surface area contributed by atoms with E-state index in [1.807, 2.05) is 11.1 Å². The van der Waals surface area contributed by atoms with Gasteiger partial charge in [0.25, 0.3) is 5.91 Å². The third-order valence-electron chi connectivity index (χ3n) is 5.54. The van der Waals surface area contributed by atoms with E-state index in [1.165, 1.54) is 5.56 Å². The molecule has 2 aliphatic rings. The average molecular weight is 382 g/mol. The van der Waals surface area contributed by atoms with Gasteiger partial charge in [-0.1, -0.05) is 0 Å². The van der Waals surface area contributed by atoms with Crippen LogP contribution in [0.3, 0.4) is 0 Å². The fourth-order valence-corrected chi connectivity index (χ4v) is 3.97. The summed E-state index contributed by atoms with van der Waals surface area (Å²) < 4.78 is 10.6. The number of hydrogen-bond acceptors (Lipinski definition) is 6. The van der Waals surface area contributed by atoms with Crippen molar-refractivity contribution in [2.75, 3.05) is 33.9 Å². The van der Waals surface area contributed by atoms with Crippen molar-refractivity contribution in [1.29, 1.82) is 0 Å². The normalized spacial score (nSPS) is 19.1. The van der Waals surface area contributed by atoms with Crippen LogP contribution in [0.15, 0.2) is 24.4 Å². The van der Waals surface area contributed by atoms with Crippen molar-refractivity contribution in [2.45, 2.75) is 31.7 Å². The number of ether oxygens (including phenoxy) is 2. The topological polar surface area (TPSA) is 76.6 Å². The molecule has 1 atom stereocenters. The fourth-order valence-electron chi connectivity index (χ4n) is 3.97. The minimum absolute atomic E-state index is 0.0219. The SMILES string of the molecule is COc1ccc(C(=O)N2CCC[C@@H](c3ncc4c(n3)CCNC4)C2)c(OC)c1. The van der Waals surface area contributed by atoms with Gasteiger partial charge in [0.1, 0.15) is 17.3 Å². The number of piperidine rings is 1. The molecule has 1 fully saturated rings. The van der Waals surface area contributed by atoms with E-state index < -0.39 is 0 Å². The first-order valence-electron chi connectivity index (χ1n) is 9.76. The number of fused-ring (bicyclic) bond motifs is 1. The highest BCUT2D eigenvalue weighted by atomic mass is 16.5. The van der Waals surface area contributed by atoms with Crippen molar-refractivity contribution in [1.82, 2.24) is 20.2 Å². The van der Waals surface area contributed by atoms with Crippen molar-refractivity contribution in [2.24, 2.45) is 0 Å². The van der Waals surface area contributed by atoms with Crippen molar-refractivity contribution < 1.29 is 14.3 Å². The van der Waals surface area contributed by atoms with Gasteiger partial charge in [-0.25, -0.2) is 9.97 Å². The molecule has 7 nitrogen and oxygen atoms in total. The summed E-state index contributed by atoms with van der Waals surface area (Å²) in [5, 5.41) is 3.35. The monoisotopic (exact) mass is 382 g/mol. The van der Waals surface area contributed by atoms with E-state index >= 15 is 0 Å². The van der Waals surface area contributed by atoms with Gasteiger partial charge in [-0.05, 0) is 25.0 Å². The van der Waals surface area contributed by atoms with E-state index in [1.54, 1.807) is 32.4 Å². The molecule has 1 aromatic heterocycles. The molecule has 1 aromatic carbocycles. The van der Waals surface area contributed by atoms with Gasteiger partial charge in [0, 0.05) is 62.0 Å². The zero-order valence-corrected chi connectivity index (χ0v) is 16.4. The van der Waals surface area contributed by atoms with Crippen LogP contribution in [0.1, 0.15) is 46.2 Å². The van der Waals surface area contributed by atoms with E-state index in [-0.39, 0.29) is 11.8 Å². The van der Waals surface area contributed by atoms with Crippen LogP contribution in [0.5, 0.6) is 11.5 Å². The number of rotatable bonds is 4.